The van der Waals surface area contributed by atoms with Gasteiger partial charge in [-0.15, -0.1) is 0 Å². The number of anilines is 1. The SMILES string of the molecule is CNCc1c(C)nn(C)c1N1C[C@@H](C)O[C@@H](C)C1. The molecule has 1 aromatic heterocycles. The summed E-state index contributed by atoms with van der Waals surface area (Å²) in [5.74, 6) is 1.23. The van der Waals surface area contributed by atoms with E-state index in [2.05, 4.69) is 36.1 Å². The highest BCUT2D eigenvalue weighted by molar-refractivity contribution is 5.50. The Morgan fingerprint density at radius 2 is 1.94 bits per heavy atom. The molecule has 2 heterocycles. The van der Waals surface area contributed by atoms with Crippen molar-refractivity contribution in [1.82, 2.24) is 15.1 Å². The maximum absolute atomic E-state index is 5.80. The zero-order valence-electron chi connectivity index (χ0n) is 12.0. The lowest BCUT2D eigenvalue weighted by molar-refractivity contribution is -0.00569. The van der Waals surface area contributed by atoms with Gasteiger partial charge < -0.3 is 15.0 Å². The van der Waals surface area contributed by atoms with Gasteiger partial charge >= 0.3 is 0 Å². The molecule has 0 saturated carbocycles. The highest BCUT2D eigenvalue weighted by Gasteiger charge is 2.27. The zero-order valence-corrected chi connectivity index (χ0v) is 12.0. The van der Waals surface area contributed by atoms with Crippen LogP contribution in [0.4, 0.5) is 5.82 Å². The van der Waals surface area contributed by atoms with E-state index < -0.39 is 0 Å². The van der Waals surface area contributed by atoms with Crippen LogP contribution in [-0.2, 0) is 18.3 Å². The molecule has 5 heteroatoms. The molecule has 0 unspecified atom stereocenters. The second-order valence-electron chi connectivity index (χ2n) is 5.20. The Labute approximate surface area is 109 Å². The second kappa shape index (κ2) is 5.28. The van der Waals surface area contributed by atoms with Gasteiger partial charge in [0.2, 0.25) is 0 Å². The van der Waals surface area contributed by atoms with Crippen LogP contribution in [0.3, 0.4) is 0 Å². The summed E-state index contributed by atoms with van der Waals surface area (Å²) in [7, 11) is 3.99. The number of aryl methyl sites for hydroxylation is 2. The fraction of sp³-hybridized carbons (Fsp3) is 0.769. The van der Waals surface area contributed by atoms with Crippen LogP contribution in [0.5, 0.6) is 0 Å². The quantitative estimate of drug-likeness (QED) is 0.873. The van der Waals surface area contributed by atoms with Crippen molar-refractivity contribution in [3.8, 4) is 0 Å². The Morgan fingerprint density at radius 3 is 2.50 bits per heavy atom. The van der Waals surface area contributed by atoms with Crippen LogP contribution >= 0.6 is 0 Å². The third-order valence-corrected chi connectivity index (χ3v) is 3.39. The summed E-state index contributed by atoms with van der Waals surface area (Å²) < 4.78 is 7.79. The number of ether oxygens (including phenoxy) is 1. The van der Waals surface area contributed by atoms with Gasteiger partial charge in [0.25, 0.3) is 0 Å². The molecule has 0 aromatic carbocycles. The highest BCUT2D eigenvalue weighted by Crippen LogP contribution is 2.26. The van der Waals surface area contributed by atoms with Crippen molar-refractivity contribution in [2.75, 3.05) is 25.0 Å². The van der Waals surface area contributed by atoms with E-state index in [9.17, 15) is 0 Å². The minimum atomic E-state index is 0.270. The van der Waals surface area contributed by atoms with Crippen molar-refractivity contribution in [1.29, 1.82) is 0 Å². The number of nitrogens with zero attached hydrogens (tertiary/aromatic N) is 3. The first kappa shape index (κ1) is 13.4. The van der Waals surface area contributed by atoms with E-state index in [1.54, 1.807) is 0 Å². The number of morpholine rings is 1. The first-order valence-electron chi connectivity index (χ1n) is 6.60. The fourth-order valence-electron chi connectivity index (χ4n) is 2.82. The van der Waals surface area contributed by atoms with Gasteiger partial charge in [0, 0.05) is 32.2 Å². The summed E-state index contributed by atoms with van der Waals surface area (Å²) in [4.78, 5) is 2.39. The predicted molar refractivity (Wildman–Crippen MR) is 72.9 cm³/mol. The molecule has 1 saturated heterocycles. The molecule has 1 N–H and O–H groups in total. The van der Waals surface area contributed by atoms with Gasteiger partial charge in [-0.3, -0.25) is 4.68 Å². The van der Waals surface area contributed by atoms with Crippen molar-refractivity contribution in [2.24, 2.45) is 7.05 Å². The number of rotatable bonds is 3. The van der Waals surface area contributed by atoms with Crippen molar-refractivity contribution in [2.45, 2.75) is 39.5 Å². The maximum atomic E-state index is 5.80. The number of nitrogens with one attached hydrogen (secondary N) is 1. The van der Waals surface area contributed by atoms with E-state index in [1.807, 2.05) is 18.8 Å². The van der Waals surface area contributed by atoms with Crippen molar-refractivity contribution in [3.63, 3.8) is 0 Å². The minimum absolute atomic E-state index is 0.270. The lowest BCUT2D eigenvalue weighted by Gasteiger charge is -2.37. The molecule has 5 nitrogen and oxygen atoms in total. The van der Waals surface area contributed by atoms with E-state index in [-0.39, 0.29) is 12.2 Å². The van der Waals surface area contributed by atoms with Crippen molar-refractivity contribution >= 4 is 5.82 Å². The molecule has 1 aliphatic rings. The summed E-state index contributed by atoms with van der Waals surface area (Å²) in [6.45, 7) is 9.05. The van der Waals surface area contributed by atoms with Crippen molar-refractivity contribution in [3.05, 3.63) is 11.3 Å². The zero-order chi connectivity index (χ0) is 13.3. The minimum Gasteiger partial charge on any atom is -0.372 e. The van der Waals surface area contributed by atoms with Crippen LogP contribution in [0.25, 0.3) is 0 Å². The normalized spacial score (nSPS) is 24.6. The van der Waals surface area contributed by atoms with E-state index in [1.165, 1.54) is 11.4 Å². The summed E-state index contributed by atoms with van der Waals surface area (Å²) in [6.07, 6.45) is 0.540. The van der Waals surface area contributed by atoms with Crippen LogP contribution in [0.1, 0.15) is 25.1 Å². The summed E-state index contributed by atoms with van der Waals surface area (Å²) in [6, 6.07) is 0. The first-order chi connectivity index (χ1) is 8.52. The van der Waals surface area contributed by atoms with Gasteiger partial charge in [0.15, 0.2) is 0 Å². The van der Waals surface area contributed by atoms with Crippen LogP contribution < -0.4 is 10.2 Å². The predicted octanol–water partition coefficient (Wildman–Crippen LogP) is 1.06. The lowest BCUT2D eigenvalue weighted by atomic mass is 10.2. The molecule has 1 aliphatic heterocycles. The molecule has 102 valence electrons. The van der Waals surface area contributed by atoms with Gasteiger partial charge in [0.05, 0.1) is 17.9 Å². The van der Waals surface area contributed by atoms with Gasteiger partial charge in [-0.05, 0) is 27.8 Å². The Bertz CT molecular complexity index is 405. The van der Waals surface area contributed by atoms with E-state index in [4.69, 9.17) is 4.74 Å². The van der Waals surface area contributed by atoms with Crippen LogP contribution in [0.15, 0.2) is 0 Å². The molecule has 0 radical (unpaired) electrons. The Hall–Kier alpha value is -1.07. The highest BCUT2D eigenvalue weighted by atomic mass is 16.5. The summed E-state index contributed by atoms with van der Waals surface area (Å²) in [5, 5.41) is 7.78. The molecule has 0 bridgehead atoms. The summed E-state index contributed by atoms with van der Waals surface area (Å²) in [5.41, 5.74) is 2.40. The van der Waals surface area contributed by atoms with Gasteiger partial charge in [-0.2, -0.15) is 5.10 Å². The molecule has 0 aliphatic carbocycles. The Balaban J connectivity index is 2.31. The van der Waals surface area contributed by atoms with Crippen LogP contribution in [0.2, 0.25) is 0 Å². The number of hydrogen-bond acceptors (Lipinski definition) is 4. The van der Waals surface area contributed by atoms with E-state index in [0.29, 0.717) is 0 Å². The van der Waals surface area contributed by atoms with E-state index in [0.717, 1.165) is 25.3 Å². The molecule has 2 atom stereocenters. The maximum Gasteiger partial charge on any atom is 0.131 e. The second-order valence-corrected chi connectivity index (χ2v) is 5.20. The number of aromatic nitrogens is 2. The molecule has 18 heavy (non-hydrogen) atoms. The van der Waals surface area contributed by atoms with Crippen LogP contribution in [0, 0.1) is 6.92 Å². The molecule has 1 aromatic rings. The molecule has 1 fully saturated rings. The molecular weight excluding hydrogens is 228 g/mol. The Kier molecular flexibility index (Phi) is 3.92. The smallest absolute Gasteiger partial charge is 0.131 e. The molecule has 0 spiro atoms. The molecule has 2 rings (SSSR count). The largest absolute Gasteiger partial charge is 0.372 e. The Morgan fingerprint density at radius 1 is 1.33 bits per heavy atom. The number of hydrogen-bond donors (Lipinski definition) is 1. The average molecular weight is 252 g/mol. The average Bonchev–Trinajstić information content (AvgIpc) is 2.53. The van der Waals surface area contributed by atoms with Gasteiger partial charge in [0.1, 0.15) is 5.82 Å². The molecule has 0 amide bonds. The third-order valence-electron chi connectivity index (χ3n) is 3.39. The fourth-order valence-corrected chi connectivity index (χ4v) is 2.82. The standard InChI is InChI=1S/C13H24N4O/c1-9-7-17(8-10(2)18-9)13-12(6-14-4)11(3)15-16(13)5/h9-10,14H,6-8H2,1-5H3/t9-,10+. The third kappa shape index (κ3) is 2.52. The molecular formula is C13H24N4O. The van der Waals surface area contributed by atoms with Crippen molar-refractivity contribution < 1.29 is 4.74 Å². The van der Waals surface area contributed by atoms with Gasteiger partial charge in [-0.1, -0.05) is 0 Å². The lowest BCUT2D eigenvalue weighted by Crippen LogP contribution is -2.46. The van der Waals surface area contributed by atoms with Crippen LogP contribution in [-0.4, -0.2) is 42.1 Å². The first-order valence-corrected chi connectivity index (χ1v) is 6.60. The summed E-state index contributed by atoms with van der Waals surface area (Å²) >= 11 is 0. The van der Waals surface area contributed by atoms with Gasteiger partial charge in [-0.25, -0.2) is 0 Å². The van der Waals surface area contributed by atoms with E-state index >= 15 is 0 Å². The topological polar surface area (TPSA) is 42.3 Å². The monoisotopic (exact) mass is 252 g/mol.